The Bertz CT molecular complexity index is 595. The summed E-state index contributed by atoms with van der Waals surface area (Å²) in [6.45, 7) is 7.01. The Labute approximate surface area is 141 Å². The molecule has 0 bridgehead atoms. The first-order valence-electron chi connectivity index (χ1n) is 8.33. The largest absolute Gasteiger partial charge is 0.460 e. The van der Waals surface area contributed by atoms with Crippen LogP contribution in [0.2, 0.25) is 0 Å². The summed E-state index contributed by atoms with van der Waals surface area (Å²) < 4.78 is 5.36. The molecule has 3 heterocycles. The van der Waals surface area contributed by atoms with Gasteiger partial charge in [-0.3, -0.25) is 4.79 Å². The molecule has 3 aliphatic heterocycles. The van der Waals surface area contributed by atoms with Crippen LogP contribution in [0.25, 0.3) is 0 Å². The Morgan fingerprint density at radius 2 is 1.91 bits per heavy atom. The highest BCUT2D eigenvalue weighted by Gasteiger charge is 2.38. The van der Waals surface area contributed by atoms with Gasteiger partial charge < -0.3 is 14.5 Å². The first-order chi connectivity index (χ1) is 11.0. The first kappa shape index (κ1) is 16.4. The van der Waals surface area contributed by atoms with Crippen molar-refractivity contribution in [2.24, 2.45) is 0 Å². The van der Waals surface area contributed by atoms with Crippen molar-refractivity contribution >= 4 is 23.6 Å². The van der Waals surface area contributed by atoms with Crippen molar-refractivity contribution in [3.05, 3.63) is 22.0 Å². The van der Waals surface area contributed by atoms with Gasteiger partial charge in [-0.2, -0.15) is 0 Å². The van der Waals surface area contributed by atoms with Crippen LogP contribution < -0.4 is 0 Å². The van der Waals surface area contributed by atoms with Crippen molar-refractivity contribution in [2.75, 3.05) is 18.8 Å². The average molecular weight is 336 g/mol. The third-order valence-corrected chi connectivity index (χ3v) is 5.59. The van der Waals surface area contributed by atoms with Gasteiger partial charge in [-0.15, -0.1) is 11.8 Å². The number of ether oxygens (including phenoxy) is 1. The summed E-state index contributed by atoms with van der Waals surface area (Å²) in [4.78, 5) is 28.3. The van der Waals surface area contributed by atoms with Crippen molar-refractivity contribution < 1.29 is 14.3 Å². The van der Waals surface area contributed by atoms with E-state index in [9.17, 15) is 9.59 Å². The number of nitrogens with zero attached hydrogens (tertiary/aromatic N) is 2. The van der Waals surface area contributed by atoms with Crippen LogP contribution in [0.5, 0.6) is 0 Å². The van der Waals surface area contributed by atoms with Crippen LogP contribution in [0, 0.1) is 0 Å². The lowest BCUT2D eigenvalue weighted by molar-refractivity contribution is -0.142. The Morgan fingerprint density at radius 3 is 2.61 bits per heavy atom. The van der Waals surface area contributed by atoms with E-state index in [1.165, 1.54) is 5.70 Å². The van der Waals surface area contributed by atoms with Gasteiger partial charge in [-0.1, -0.05) is 0 Å². The number of likely N-dealkylation sites (tertiary alicyclic amines) is 1. The van der Waals surface area contributed by atoms with Crippen LogP contribution in [-0.4, -0.2) is 46.6 Å². The summed E-state index contributed by atoms with van der Waals surface area (Å²) in [6.07, 6.45) is 3.77. The molecule has 5 nitrogen and oxygen atoms in total. The lowest BCUT2D eigenvalue weighted by Crippen LogP contribution is -2.35. The second-order valence-corrected chi connectivity index (χ2v) is 7.41. The molecule has 3 aliphatic rings. The van der Waals surface area contributed by atoms with Gasteiger partial charge in [0.25, 0.3) is 0 Å². The molecule has 23 heavy (non-hydrogen) atoms. The molecule has 0 spiro atoms. The van der Waals surface area contributed by atoms with Crippen LogP contribution in [0.15, 0.2) is 22.0 Å². The molecule has 3 rings (SSSR count). The minimum Gasteiger partial charge on any atom is -0.460 e. The number of fused-ring (bicyclic) bond motifs is 1. The minimum atomic E-state index is -0.191. The molecule has 6 heteroatoms. The maximum Gasteiger partial charge on any atom is 0.336 e. The number of amides is 1. The Balaban J connectivity index is 1.88. The molecule has 0 aromatic carbocycles. The van der Waals surface area contributed by atoms with Crippen molar-refractivity contribution in [2.45, 2.75) is 52.6 Å². The van der Waals surface area contributed by atoms with E-state index in [-0.39, 0.29) is 18.0 Å². The van der Waals surface area contributed by atoms with E-state index < -0.39 is 0 Å². The average Bonchev–Trinajstić information content (AvgIpc) is 3.07. The fourth-order valence-electron chi connectivity index (χ4n) is 3.43. The van der Waals surface area contributed by atoms with Gasteiger partial charge >= 0.3 is 5.97 Å². The van der Waals surface area contributed by atoms with E-state index in [1.54, 1.807) is 18.7 Å². The predicted octanol–water partition coefficient (Wildman–Crippen LogP) is 2.85. The summed E-state index contributed by atoms with van der Waals surface area (Å²) in [5.41, 5.74) is 3.17. The monoisotopic (exact) mass is 336 g/mol. The third kappa shape index (κ3) is 3.13. The molecule has 0 aliphatic carbocycles. The van der Waals surface area contributed by atoms with E-state index in [2.05, 4.69) is 4.90 Å². The van der Waals surface area contributed by atoms with Gasteiger partial charge in [0.1, 0.15) is 0 Å². The Morgan fingerprint density at radius 1 is 1.13 bits per heavy atom. The number of hydrogen-bond donors (Lipinski definition) is 0. The standard InChI is InChI=1S/C17H24N2O3S/c1-11(2)22-17(21)13-7-9-19-15(10-23-16(13)19)14-6-4-5-8-18(14)12(3)20/h11H,4-10H2,1-3H3. The number of allylic oxidation sites excluding steroid dienone is 1. The maximum absolute atomic E-state index is 12.3. The highest BCUT2D eigenvalue weighted by Crippen LogP contribution is 2.45. The SMILES string of the molecule is CC(=O)N1CCCCC1=C1CSC2=C(C(=O)OC(C)C)CCN12. The topological polar surface area (TPSA) is 49.9 Å². The number of carbonyl (C=O) groups is 2. The zero-order chi connectivity index (χ0) is 16.6. The number of thioether (sulfide) groups is 1. The summed E-state index contributed by atoms with van der Waals surface area (Å²) >= 11 is 1.70. The molecule has 0 radical (unpaired) electrons. The van der Waals surface area contributed by atoms with Gasteiger partial charge in [-0.25, -0.2) is 4.79 Å². The molecule has 2 fully saturated rings. The van der Waals surface area contributed by atoms with E-state index >= 15 is 0 Å². The van der Waals surface area contributed by atoms with Gasteiger partial charge in [-0.05, 0) is 33.1 Å². The van der Waals surface area contributed by atoms with E-state index in [4.69, 9.17) is 4.74 Å². The molecular weight excluding hydrogens is 312 g/mol. The van der Waals surface area contributed by atoms with Crippen LogP contribution in [0.4, 0.5) is 0 Å². The zero-order valence-electron chi connectivity index (χ0n) is 14.1. The van der Waals surface area contributed by atoms with Crippen LogP contribution >= 0.6 is 11.8 Å². The van der Waals surface area contributed by atoms with Crippen molar-refractivity contribution in [3.8, 4) is 0 Å². The molecule has 0 saturated carbocycles. The predicted molar refractivity (Wildman–Crippen MR) is 90.3 cm³/mol. The van der Waals surface area contributed by atoms with Crippen molar-refractivity contribution in [3.63, 3.8) is 0 Å². The van der Waals surface area contributed by atoms with Crippen molar-refractivity contribution in [1.82, 2.24) is 9.80 Å². The normalized spacial score (nSPS) is 24.5. The van der Waals surface area contributed by atoms with Crippen molar-refractivity contribution in [1.29, 1.82) is 0 Å². The molecular formula is C17H24N2O3S. The molecule has 2 saturated heterocycles. The Kier molecular flexibility index (Phi) is 4.71. The number of rotatable bonds is 2. The summed E-state index contributed by atoms with van der Waals surface area (Å²) in [5, 5.41) is 1.03. The minimum absolute atomic E-state index is 0.0968. The number of hydrogen-bond acceptors (Lipinski definition) is 5. The van der Waals surface area contributed by atoms with Crippen LogP contribution in [0.3, 0.4) is 0 Å². The quantitative estimate of drug-likeness (QED) is 0.726. The number of esters is 1. The smallest absolute Gasteiger partial charge is 0.336 e. The van der Waals surface area contributed by atoms with Crippen LogP contribution in [-0.2, 0) is 14.3 Å². The van der Waals surface area contributed by atoms with E-state index in [0.29, 0.717) is 0 Å². The Hall–Kier alpha value is -1.43. The summed E-state index contributed by atoms with van der Waals surface area (Å²) in [6, 6.07) is 0. The molecule has 0 N–H and O–H groups in total. The fraction of sp³-hybridized carbons (Fsp3) is 0.647. The first-order valence-corrected chi connectivity index (χ1v) is 9.32. The van der Waals surface area contributed by atoms with E-state index in [0.717, 1.165) is 60.8 Å². The fourth-order valence-corrected chi connectivity index (χ4v) is 4.74. The second-order valence-electron chi connectivity index (χ2n) is 6.45. The highest BCUT2D eigenvalue weighted by molar-refractivity contribution is 8.03. The number of carbonyl (C=O) groups excluding carboxylic acids is 2. The molecule has 0 unspecified atom stereocenters. The molecule has 126 valence electrons. The molecule has 0 aromatic rings. The van der Waals surface area contributed by atoms with Gasteiger partial charge in [0, 0.05) is 43.6 Å². The number of piperidine rings is 1. The van der Waals surface area contributed by atoms with Crippen LogP contribution in [0.1, 0.15) is 46.5 Å². The van der Waals surface area contributed by atoms with Gasteiger partial charge in [0.2, 0.25) is 5.91 Å². The third-order valence-electron chi connectivity index (χ3n) is 4.43. The van der Waals surface area contributed by atoms with Gasteiger partial charge in [0.05, 0.1) is 16.7 Å². The zero-order valence-corrected chi connectivity index (χ0v) is 14.9. The lowest BCUT2D eigenvalue weighted by Gasteiger charge is -2.32. The highest BCUT2D eigenvalue weighted by atomic mass is 32.2. The summed E-state index contributed by atoms with van der Waals surface area (Å²) in [7, 11) is 0. The maximum atomic E-state index is 12.3. The lowest BCUT2D eigenvalue weighted by atomic mass is 10.1. The second kappa shape index (κ2) is 6.59. The van der Waals surface area contributed by atoms with Gasteiger partial charge in [0.15, 0.2) is 0 Å². The molecule has 0 atom stereocenters. The molecule has 0 aromatic heterocycles. The molecule has 1 amide bonds. The summed E-state index contributed by atoms with van der Waals surface area (Å²) in [5.74, 6) is 0.768. The van der Waals surface area contributed by atoms with E-state index in [1.807, 2.05) is 18.7 Å².